The van der Waals surface area contributed by atoms with Crippen LogP contribution in [0.5, 0.6) is 0 Å². The zero-order valence-electron chi connectivity index (χ0n) is 13.8. The largest absolute Gasteiger partial charge is 0.341 e. The summed E-state index contributed by atoms with van der Waals surface area (Å²) in [7, 11) is 0. The first-order chi connectivity index (χ1) is 11.5. The van der Waals surface area contributed by atoms with E-state index in [1.165, 1.54) is 0 Å². The lowest BCUT2D eigenvalue weighted by molar-refractivity contribution is -0.135. The second-order valence-electron chi connectivity index (χ2n) is 6.75. The number of hydrogen-bond donors (Lipinski definition) is 1. The molecule has 2 unspecified atom stereocenters. The summed E-state index contributed by atoms with van der Waals surface area (Å²) in [5, 5.41) is 0.560. The SMILES string of the molecule is NC1CCC(C(=O)N2CCCN(C(=O)c3cccc(Cl)c3)CC2)C1. The number of halogens is 1. The van der Waals surface area contributed by atoms with Gasteiger partial charge >= 0.3 is 0 Å². The van der Waals surface area contributed by atoms with Crippen molar-refractivity contribution >= 4 is 23.4 Å². The number of amides is 2. The summed E-state index contributed by atoms with van der Waals surface area (Å²) >= 11 is 5.98. The monoisotopic (exact) mass is 349 g/mol. The minimum atomic E-state index is -0.0188. The van der Waals surface area contributed by atoms with E-state index in [1.807, 2.05) is 9.80 Å². The molecule has 0 bridgehead atoms. The zero-order valence-corrected chi connectivity index (χ0v) is 14.5. The third kappa shape index (κ3) is 3.90. The fourth-order valence-electron chi connectivity index (χ4n) is 3.64. The van der Waals surface area contributed by atoms with Gasteiger partial charge in [0.2, 0.25) is 5.91 Å². The Morgan fingerprint density at radius 3 is 2.54 bits per heavy atom. The number of rotatable bonds is 2. The number of benzene rings is 1. The van der Waals surface area contributed by atoms with Gasteiger partial charge in [0.05, 0.1) is 0 Å². The molecule has 0 spiro atoms. The average Bonchev–Trinajstić information content (AvgIpc) is 2.86. The maximum absolute atomic E-state index is 12.6. The lowest BCUT2D eigenvalue weighted by Gasteiger charge is -2.24. The van der Waals surface area contributed by atoms with Crippen molar-refractivity contribution in [3.63, 3.8) is 0 Å². The van der Waals surface area contributed by atoms with E-state index in [-0.39, 0.29) is 23.8 Å². The van der Waals surface area contributed by atoms with E-state index in [0.29, 0.717) is 36.8 Å². The van der Waals surface area contributed by atoms with Crippen LogP contribution < -0.4 is 5.73 Å². The van der Waals surface area contributed by atoms with Gasteiger partial charge in [-0.1, -0.05) is 17.7 Å². The second-order valence-corrected chi connectivity index (χ2v) is 7.19. The summed E-state index contributed by atoms with van der Waals surface area (Å²) in [6.45, 7) is 2.54. The first-order valence-corrected chi connectivity index (χ1v) is 9.01. The molecule has 2 amide bonds. The highest BCUT2D eigenvalue weighted by molar-refractivity contribution is 6.30. The molecule has 0 radical (unpaired) electrons. The number of nitrogens with two attached hydrogens (primary N) is 1. The van der Waals surface area contributed by atoms with Crippen LogP contribution in [0.3, 0.4) is 0 Å². The van der Waals surface area contributed by atoms with Crippen LogP contribution in [0.2, 0.25) is 5.02 Å². The van der Waals surface area contributed by atoms with Crippen molar-refractivity contribution in [2.75, 3.05) is 26.2 Å². The Balaban J connectivity index is 1.60. The number of carbonyl (C=O) groups excluding carboxylic acids is 2. The van der Waals surface area contributed by atoms with Gasteiger partial charge < -0.3 is 15.5 Å². The van der Waals surface area contributed by atoms with E-state index < -0.39 is 0 Å². The highest BCUT2D eigenvalue weighted by Crippen LogP contribution is 2.26. The molecule has 2 atom stereocenters. The first-order valence-electron chi connectivity index (χ1n) is 8.64. The molecule has 1 saturated carbocycles. The molecule has 3 rings (SSSR count). The Kier molecular flexibility index (Phi) is 5.41. The summed E-state index contributed by atoms with van der Waals surface area (Å²) in [5.74, 6) is 0.255. The van der Waals surface area contributed by atoms with Crippen LogP contribution in [-0.2, 0) is 4.79 Å². The summed E-state index contributed by atoms with van der Waals surface area (Å²) in [5.41, 5.74) is 6.53. The Morgan fingerprint density at radius 2 is 1.83 bits per heavy atom. The molecule has 6 heteroatoms. The van der Waals surface area contributed by atoms with Gasteiger partial charge in [-0.05, 0) is 43.9 Å². The van der Waals surface area contributed by atoms with Gasteiger partial charge in [-0.3, -0.25) is 9.59 Å². The molecular formula is C18H24ClN3O2. The maximum atomic E-state index is 12.6. The van der Waals surface area contributed by atoms with Crippen molar-refractivity contribution in [3.8, 4) is 0 Å². The molecule has 2 N–H and O–H groups in total. The van der Waals surface area contributed by atoms with Crippen LogP contribution in [0.15, 0.2) is 24.3 Å². The highest BCUT2D eigenvalue weighted by atomic mass is 35.5. The standard InChI is InChI=1S/C18H24ClN3O2/c19-15-4-1-3-13(11-15)17(23)21-7-2-8-22(10-9-21)18(24)14-5-6-16(20)12-14/h1,3-4,11,14,16H,2,5-10,12,20H2. The van der Waals surface area contributed by atoms with E-state index in [9.17, 15) is 9.59 Å². The molecule has 1 aromatic rings. The molecule has 1 aromatic carbocycles. The quantitative estimate of drug-likeness (QED) is 0.889. The number of hydrogen-bond acceptors (Lipinski definition) is 3. The normalized spacial score (nSPS) is 24.8. The lowest BCUT2D eigenvalue weighted by atomic mass is 10.1. The third-order valence-electron chi connectivity index (χ3n) is 4.99. The fraction of sp³-hybridized carbons (Fsp3) is 0.556. The molecule has 0 aromatic heterocycles. The van der Waals surface area contributed by atoms with Gasteiger partial charge in [0.15, 0.2) is 0 Å². The molecule has 1 saturated heterocycles. The van der Waals surface area contributed by atoms with Crippen molar-refractivity contribution < 1.29 is 9.59 Å². The summed E-state index contributed by atoms with van der Waals surface area (Å²) in [6, 6.07) is 7.17. The van der Waals surface area contributed by atoms with Gasteiger partial charge in [0, 0.05) is 48.7 Å². The molecule has 1 heterocycles. The molecule has 24 heavy (non-hydrogen) atoms. The Bertz CT molecular complexity index is 622. The van der Waals surface area contributed by atoms with Crippen molar-refractivity contribution in [1.82, 2.24) is 9.80 Å². The van der Waals surface area contributed by atoms with Gasteiger partial charge in [0.1, 0.15) is 0 Å². The Morgan fingerprint density at radius 1 is 1.08 bits per heavy atom. The van der Waals surface area contributed by atoms with Gasteiger partial charge in [-0.15, -0.1) is 0 Å². The third-order valence-corrected chi connectivity index (χ3v) is 5.22. The second kappa shape index (κ2) is 7.53. The van der Waals surface area contributed by atoms with Crippen molar-refractivity contribution in [3.05, 3.63) is 34.9 Å². The summed E-state index contributed by atoms with van der Waals surface area (Å²) in [4.78, 5) is 29.0. The fourth-order valence-corrected chi connectivity index (χ4v) is 3.83. The molecule has 5 nitrogen and oxygen atoms in total. The van der Waals surface area contributed by atoms with Gasteiger partial charge in [-0.2, -0.15) is 0 Å². The van der Waals surface area contributed by atoms with Crippen molar-refractivity contribution in [2.24, 2.45) is 11.7 Å². The first kappa shape index (κ1) is 17.2. The minimum absolute atomic E-state index is 0.0188. The molecule has 130 valence electrons. The topological polar surface area (TPSA) is 66.6 Å². The van der Waals surface area contributed by atoms with Gasteiger partial charge in [0.25, 0.3) is 5.91 Å². The molecule has 1 aliphatic carbocycles. The van der Waals surface area contributed by atoms with Crippen LogP contribution >= 0.6 is 11.6 Å². The Labute approximate surface area is 147 Å². The molecule has 1 aliphatic heterocycles. The summed E-state index contributed by atoms with van der Waals surface area (Å²) in [6.07, 6.45) is 3.42. The van der Waals surface area contributed by atoms with Crippen LogP contribution in [0.1, 0.15) is 36.0 Å². The minimum Gasteiger partial charge on any atom is -0.341 e. The maximum Gasteiger partial charge on any atom is 0.253 e. The number of carbonyl (C=O) groups is 2. The lowest BCUT2D eigenvalue weighted by Crippen LogP contribution is -2.39. The van der Waals surface area contributed by atoms with Crippen LogP contribution in [0.4, 0.5) is 0 Å². The highest BCUT2D eigenvalue weighted by Gasteiger charge is 2.32. The average molecular weight is 350 g/mol. The van der Waals surface area contributed by atoms with E-state index in [1.54, 1.807) is 24.3 Å². The van der Waals surface area contributed by atoms with Crippen LogP contribution in [-0.4, -0.2) is 53.8 Å². The van der Waals surface area contributed by atoms with Crippen LogP contribution in [0, 0.1) is 5.92 Å². The predicted molar refractivity (Wildman–Crippen MR) is 93.9 cm³/mol. The Hall–Kier alpha value is -1.59. The molecule has 2 fully saturated rings. The predicted octanol–water partition coefficient (Wildman–Crippen LogP) is 2.14. The van der Waals surface area contributed by atoms with E-state index >= 15 is 0 Å². The van der Waals surface area contributed by atoms with E-state index in [0.717, 1.165) is 25.7 Å². The zero-order chi connectivity index (χ0) is 17.1. The van der Waals surface area contributed by atoms with E-state index in [4.69, 9.17) is 17.3 Å². The number of nitrogens with zero attached hydrogens (tertiary/aromatic N) is 2. The van der Waals surface area contributed by atoms with E-state index in [2.05, 4.69) is 0 Å². The van der Waals surface area contributed by atoms with Gasteiger partial charge in [-0.25, -0.2) is 0 Å². The van der Waals surface area contributed by atoms with Crippen molar-refractivity contribution in [2.45, 2.75) is 31.7 Å². The smallest absolute Gasteiger partial charge is 0.253 e. The van der Waals surface area contributed by atoms with Crippen molar-refractivity contribution in [1.29, 1.82) is 0 Å². The molecular weight excluding hydrogens is 326 g/mol. The molecule has 2 aliphatic rings. The van der Waals surface area contributed by atoms with Crippen LogP contribution in [0.25, 0.3) is 0 Å². The summed E-state index contributed by atoms with van der Waals surface area (Å²) < 4.78 is 0.